The molecule has 0 bridgehead atoms. The van der Waals surface area contributed by atoms with E-state index in [0.717, 1.165) is 6.26 Å². The molecule has 0 aromatic heterocycles. The Morgan fingerprint density at radius 2 is 1.75 bits per heavy atom. The number of ether oxygens (including phenoxy) is 1. The zero-order chi connectivity index (χ0) is 15.4. The molecule has 0 aliphatic heterocycles. The second-order valence-corrected chi connectivity index (χ2v) is 7.54. The number of sulfonamides is 2. The minimum absolute atomic E-state index is 0.0463. The summed E-state index contributed by atoms with van der Waals surface area (Å²) in [7, 11) is -5.82. The van der Waals surface area contributed by atoms with Gasteiger partial charge in [0, 0.05) is 24.8 Å². The third kappa shape index (κ3) is 4.96. The van der Waals surface area contributed by atoms with Crippen LogP contribution in [0.15, 0.2) is 23.1 Å². The van der Waals surface area contributed by atoms with E-state index in [-0.39, 0.29) is 23.7 Å². The largest absolute Gasteiger partial charge is 0.495 e. The lowest BCUT2D eigenvalue weighted by atomic mass is 10.3. The SMILES string of the molecule is COc1cc(N)ccc1S(=O)(=O)NCCNS(C)(=O)=O. The normalized spacial score (nSPS) is 12.3. The van der Waals surface area contributed by atoms with Gasteiger partial charge in [0.05, 0.1) is 13.4 Å². The molecule has 0 aliphatic rings. The maximum atomic E-state index is 12.0. The van der Waals surface area contributed by atoms with Crippen LogP contribution in [0.3, 0.4) is 0 Å². The Hall–Kier alpha value is -1.36. The summed E-state index contributed by atoms with van der Waals surface area (Å²) >= 11 is 0. The summed E-state index contributed by atoms with van der Waals surface area (Å²) in [5.74, 6) is 0.119. The molecule has 8 nitrogen and oxygen atoms in total. The Bertz CT molecular complexity index is 670. The minimum atomic E-state index is -3.80. The van der Waals surface area contributed by atoms with Crippen molar-refractivity contribution in [1.82, 2.24) is 9.44 Å². The fraction of sp³-hybridized carbons (Fsp3) is 0.400. The molecule has 10 heteroatoms. The van der Waals surface area contributed by atoms with Crippen molar-refractivity contribution in [1.29, 1.82) is 0 Å². The van der Waals surface area contributed by atoms with Crippen LogP contribution in [-0.2, 0) is 20.0 Å². The van der Waals surface area contributed by atoms with E-state index in [1.54, 1.807) is 0 Å². The summed E-state index contributed by atoms with van der Waals surface area (Å²) in [4.78, 5) is -0.0615. The van der Waals surface area contributed by atoms with Crippen LogP contribution in [0.2, 0.25) is 0 Å². The van der Waals surface area contributed by atoms with Crippen LogP contribution in [0.4, 0.5) is 5.69 Å². The highest BCUT2D eigenvalue weighted by molar-refractivity contribution is 7.89. The molecule has 0 radical (unpaired) electrons. The lowest BCUT2D eigenvalue weighted by molar-refractivity contribution is 0.402. The quantitative estimate of drug-likeness (QED) is 0.441. The number of hydrogen-bond donors (Lipinski definition) is 3. The summed E-state index contributed by atoms with van der Waals surface area (Å²) in [5.41, 5.74) is 5.92. The molecule has 0 amide bonds. The van der Waals surface area contributed by atoms with Crippen LogP contribution >= 0.6 is 0 Å². The Kier molecular flexibility index (Phi) is 5.34. The van der Waals surface area contributed by atoms with E-state index < -0.39 is 20.0 Å². The summed E-state index contributed by atoms with van der Waals surface area (Å²) in [6, 6.07) is 4.15. The van der Waals surface area contributed by atoms with Crippen molar-refractivity contribution < 1.29 is 21.6 Å². The second-order valence-electron chi connectivity index (χ2n) is 3.97. The van der Waals surface area contributed by atoms with E-state index in [9.17, 15) is 16.8 Å². The first-order valence-electron chi connectivity index (χ1n) is 5.53. The van der Waals surface area contributed by atoms with Gasteiger partial charge in [0.1, 0.15) is 10.6 Å². The van der Waals surface area contributed by atoms with Gasteiger partial charge in [-0.3, -0.25) is 0 Å². The topological polar surface area (TPSA) is 128 Å². The van der Waals surface area contributed by atoms with Gasteiger partial charge in [0.15, 0.2) is 0 Å². The molecule has 0 heterocycles. The van der Waals surface area contributed by atoms with Crippen LogP contribution in [0.1, 0.15) is 0 Å². The third-order valence-electron chi connectivity index (χ3n) is 2.26. The van der Waals surface area contributed by atoms with Crippen molar-refractivity contribution >= 4 is 25.7 Å². The summed E-state index contributed by atoms with van der Waals surface area (Å²) in [6.07, 6.45) is 0.991. The van der Waals surface area contributed by atoms with Crippen molar-refractivity contribution in [2.75, 3.05) is 32.2 Å². The smallest absolute Gasteiger partial charge is 0.244 e. The van der Waals surface area contributed by atoms with Crippen LogP contribution in [-0.4, -0.2) is 43.3 Å². The van der Waals surface area contributed by atoms with Crippen molar-refractivity contribution in [2.24, 2.45) is 0 Å². The predicted octanol–water partition coefficient (Wildman–Crippen LogP) is -0.895. The number of nitrogen functional groups attached to an aromatic ring is 1. The average Bonchev–Trinajstić information content (AvgIpc) is 2.33. The number of rotatable bonds is 7. The van der Waals surface area contributed by atoms with Gasteiger partial charge in [-0.05, 0) is 12.1 Å². The highest BCUT2D eigenvalue weighted by Gasteiger charge is 2.19. The highest BCUT2D eigenvalue weighted by Crippen LogP contribution is 2.25. The van der Waals surface area contributed by atoms with E-state index in [1.165, 1.54) is 25.3 Å². The molecular weight excluding hydrogens is 306 g/mol. The van der Waals surface area contributed by atoms with E-state index in [0.29, 0.717) is 5.69 Å². The average molecular weight is 323 g/mol. The molecule has 0 atom stereocenters. The van der Waals surface area contributed by atoms with Crippen LogP contribution in [0.5, 0.6) is 5.75 Å². The number of benzene rings is 1. The first-order chi connectivity index (χ1) is 9.15. The molecule has 4 N–H and O–H groups in total. The number of methoxy groups -OCH3 is 1. The molecular formula is C10H17N3O5S2. The molecule has 0 saturated carbocycles. The van der Waals surface area contributed by atoms with E-state index in [4.69, 9.17) is 10.5 Å². The molecule has 20 heavy (non-hydrogen) atoms. The molecule has 114 valence electrons. The van der Waals surface area contributed by atoms with Gasteiger partial charge in [0.2, 0.25) is 20.0 Å². The lowest BCUT2D eigenvalue weighted by Crippen LogP contribution is -2.34. The predicted molar refractivity (Wildman–Crippen MR) is 75.4 cm³/mol. The van der Waals surface area contributed by atoms with Crippen molar-refractivity contribution in [3.63, 3.8) is 0 Å². The van der Waals surface area contributed by atoms with Gasteiger partial charge in [-0.15, -0.1) is 0 Å². The summed E-state index contributed by atoms with van der Waals surface area (Å²) in [5, 5.41) is 0. The molecule has 1 aromatic rings. The monoisotopic (exact) mass is 323 g/mol. The summed E-state index contributed by atoms with van der Waals surface area (Å²) in [6.45, 7) is -0.127. The zero-order valence-corrected chi connectivity index (χ0v) is 12.7. The highest BCUT2D eigenvalue weighted by atomic mass is 32.2. The van der Waals surface area contributed by atoms with Crippen LogP contribution in [0, 0.1) is 0 Å². The van der Waals surface area contributed by atoms with Crippen LogP contribution in [0.25, 0.3) is 0 Å². The Labute approximate surface area is 118 Å². The lowest BCUT2D eigenvalue weighted by Gasteiger charge is -2.11. The molecule has 0 fully saturated rings. The van der Waals surface area contributed by atoms with Gasteiger partial charge in [-0.2, -0.15) is 0 Å². The Morgan fingerprint density at radius 3 is 2.30 bits per heavy atom. The Balaban J connectivity index is 2.79. The number of nitrogens with one attached hydrogen (secondary N) is 2. The minimum Gasteiger partial charge on any atom is -0.495 e. The van der Waals surface area contributed by atoms with E-state index in [1.807, 2.05) is 0 Å². The van der Waals surface area contributed by atoms with Crippen molar-refractivity contribution in [2.45, 2.75) is 4.90 Å². The fourth-order valence-corrected chi connectivity index (χ4v) is 3.06. The zero-order valence-electron chi connectivity index (χ0n) is 11.1. The molecule has 1 aromatic carbocycles. The second kappa shape index (κ2) is 6.39. The first-order valence-corrected chi connectivity index (χ1v) is 8.91. The summed E-state index contributed by atoms with van der Waals surface area (Å²) < 4.78 is 55.2. The molecule has 0 spiro atoms. The van der Waals surface area contributed by atoms with Gasteiger partial charge >= 0.3 is 0 Å². The molecule has 0 aliphatic carbocycles. The third-order valence-corrected chi connectivity index (χ3v) is 4.49. The molecule has 0 unspecified atom stereocenters. The van der Waals surface area contributed by atoms with Gasteiger partial charge in [0.25, 0.3) is 0 Å². The van der Waals surface area contributed by atoms with E-state index >= 15 is 0 Å². The Morgan fingerprint density at radius 1 is 1.15 bits per heavy atom. The maximum Gasteiger partial charge on any atom is 0.244 e. The van der Waals surface area contributed by atoms with Crippen molar-refractivity contribution in [3.05, 3.63) is 18.2 Å². The number of anilines is 1. The van der Waals surface area contributed by atoms with Gasteiger partial charge in [-0.1, -0.05) is 0 Å². The number of nitrogens with two attached hydrogens (primary N) is 1. The van der Waals surface area contributed by atoms with Gasteiger partial charge in [-0.25, -0.2) is 26.3 Å². The fourth-order valence-electron chi connectivity index (χ4n) is 1.41. The standard InChI is InChI=1S/C10H17N3O5S2/c1-18-9-7-8(11)3-4-10(9)20(16,17)13-6-5-12-19(2,14)15/h3-4,7,12-13H,5-6,11H2,1-2H3. The van der Waals surface area contributed by atoms with Crippen LogP contribution < -0.4 is 19.9 Å². The maximum absolute atomic E-state index is 12.0. The molecule has 0 saturated heterocycles. The van der Waals surface area contributed by atoms with Crippen molar-refractivity contribution in [3.8, 4) is 5.75 Å². The van der Waals surface area contributed by atoms with Gasteiger partial charge < -0.3 is 10.5 Å². The first kappa shape index (κ1) is 16.7. The molecule has 1 rings (SSSR count). The van der Waals surface area contributed by atoms with E-state index in [2.05, 4.69) is 9.44 Å². The number of hydrogen-bond acceptors (Lipinski definition) is 6.